The summed E-state index contributed by atoms with van der Waals surface area (Å²) in [7, 11) is -4.21. The summed E-state index contributed by atoms with van der Waals surface area (Å²) in [4.78, 5) is 28.5. The normalized spacial score (nSPS) is 22.4. The molecule has 1 saturated heterocycles. The maximum Gasteiger partial charge on any atom is 0.283 e. The SMILES string of the molecule is CC(C)(C)c1ccc2c(n1)N1CC(CCCNc3cncc(n3)S(=O)(=O)NC2=O)CC1(C)C. The highest BCUT2D eigenvalue weighted by Gasteiger charge is 2.41. The van der Waals surface area contributed by atoms with Crippen LogP contribution in [0.2, 0.25) is 0 Å². The summed E-state index contributed by atoms with van der Waals surface area (Å²) in [5, 5.41) is 2.84. The number of carbonyl (C=O) groups is 1. The second-order valence-corrected chi connectivity index (χ2v) is 12.2. The second kappa shape index (κ2) is 8.23. The van der Waals surface area contributed by atoms with Gasteiger partial charge in [0.25, 0.3) is 15.9 Å². The van der Waals surface area contributed by atoms with Gasteiger partial charge in [0.2, 0.25) is 0 Å². The zero-order chi connectivity index (χ0) is 24.0. The van der Waals surface area contributed by atoms with Crippen molar-refractivity contribution in [2.45, 2.75) is 69.9 Å². The Balaban J connectivity index is 1.84. The van der Waals surface area contributed by atoms with Crippen molar-refractivity contribution in [3.63, 3.8) is 0 Å². The van der Waals surface area contributed by atoms with Crippen molar-refractivity contribution in [2.75, 3.05) is 23.3 Å². The van der Waals surface area contributed by atoms with Gasteiger partial charge in [-0.05, 0) is 51.2 Å². The van der Waals surface area contributed by atoms with Crippen molar-refractivity contribution in [2.24, 2.45) is 5.92 Å². The molecular formula is C23H32N6O3S. The highest BCUT2D eigenvalue weighted by molar-refractivity contribution is 7.90. The highest BCUT2D eigenvalue weighted by Crippen LogP contribution is 2.40. The van der Waals surface area contributed by atoms with Crippen molar-refractivity contribution < 1.29 is 13.2 Å². The van der Waals surface area contributed by atoms with Gasteiger partial charge >= 0.3 is 0 Å². The summed E-state index contributed by atoms with van der Waals surface area (Å²) in [6.45, 7) is 11.9. The topological polar surface area (TPSA) is 117 Å². The van der Waals surface area contributed by atoms with Crippen LogP contribution in [0, 0.1) is 5.92 Å². The molecule has 2 N–H and O–H groups in total. The summed E-state index contributed by atoms with van der Waals surface area (Å²) in [5.41, 5.74) is 0.635. The van der Waals surface area contributed by atoms with Gasteiger partial charge in [0.1, 0.15) is 11.6 Å². The van der Waals surface area contributed by atoms with Crippen LogP contribution in [-0.4, -0.2) is 47.9 Å². The van der Waals surface area contributed by atoms with E-state index in [0.29, 0.717) is 24.1 Å². The number of sulfonamides is 1. The summed E-state index contributed by atoms with van der Waals surface area (Å²) < 4.78 is 28.1. The second-order valence-electron chi connectivity index (χ2n) is 10.6. The molecule has 4 rings (SSSR count). The summed E-state index contributed by atoms with van der Waals surface area (Å²) in [5.74, 6) is 0.595. The van der Waals surface area contributed by atoms with Gasteiger partial charge in [-0.25, -0.2) is 14.7 Å². The van der Waals surface area contributed by atoms with E-state index < -0.39 is 15.9 Å². The number of aromatic nitrogens is 3. The molecule has 2 aromatic heterocycles. The zero-order valence-corrected chi connectivity index (χ0v) is 20.7. The minimum absolute atomic E-state index is 0.220. The average molecular weight is 473 g/mol. The fourth-order valence-corrected chi connectivity index (χ4v) is 5.48. The third-order valence-electron chi connectivity index (χ3n) is 6.31. The van der Waals surface area contributed by atoms with Crippen LogP contribution in [0.15, 0.2) is 29.6 Å². The van der Waals surface area contributed by atoms with E-state index in [9.17, 15) is 13.2 Å². The maximum atomic E-state index is 13.3. The summed E-state index contributed by atoms with van der Waals surface area (Å²) in [6, 6.07) is 3.48. The largest absolute Gasteiger partial charge is 0.369 e. The average Bonchev–Trinajstić information content (AvgIpc) is 3.03. The Hall–Kier alpha value is -2.75. The molecule has 4 bridgehead atoms. The number of fused-ring (bicyclic) bond motifs is 6. The van der Waals surface area contributed by atoms with Crippen molar-refractivity contribution in [3.05, 3.63) is 35.8 Å². The van der Waals surface area contributed by atoms with Crippen LogP contribution >= 0.6 is 0 Å². The maximum absolute atomic E-state index is 13.3. The van der Waals surface area contributed by atoms with E-state index in [1.165, 1.54) is 6.20 Å². The van der Waals surface area contributed by atoms with E-state index in [2.05, 4.69) is 59.5 Å². The first-order valence-electron chi connectivity index (χ1n) is 11.3. The first-order valence-corrected chi connectivity index (χ1v) is 12.8. The molecule has 1 atom stereocenters. The van der Waals surface area contributed by atoms with Gasteiger partial charge in [0.05, 0.1) is 18.0 Å². The molecule has 4 heterocycles. The van der Waals surface area contributed by atoms with Crippen LogP contribution in [-0.2, 0) is 15.4 Å². The number of rotatable bonds is 0. The van der Waals surface area contributed by atoms with Gasteiger partial charge in [0.15, 0.2) is 5.03 Å². The monoisotopic (exact) mass is 472 g/mol. The van der Waals surface area contributed by atoms with E-state index in [4.69, 9.17) is 4.98 Å². The fraction of sp³-hybridized carbons (Fsp3) is 0.565. The molecule has 178 valence electrons. The molecule has 1 amide bonds. The lowest BCUT2D eigenvalue weighted by Gasteiger charge is -2.34. The molecule has 2 aromatic rings. The number of hydrogen-bond acceptors (Lipinski definition) is 8. The fourth-order valence-electron chi connectivity index (χ4n) is 4.60. The zero-order valence-electron chi connectivity index (χ0n) is 19.8. The molecule has 33 heavy (non-hydrogen) atoms. The van der Waals surface area contributed by atoms with E-state index in [1.807, 2.05) is 0 Å². The third-order valence-corrected chi connectivity index (χ3v) is 7.52. The van der Waals surface area contributed by atoms with Gasteiger partial charge < -0.3 is 10.2 Å². The van der Waals surface area contributed by atoms with Gasteiger partial charge in [-0.15, -0.1) is 0 Å². The van der Waals surface area contributed by atoms with Crippen LogP contribution in [0.1, 0.15) is 69.9 Å². The molecule has 9 nitrogen and oxygen atoms in total. The Morgan fingerprint density at radius 3 is 2.64 bits per heavy atom. The number of amides is 1. The van der Waals surface area contributed by atoms with Gasteiger partial charge in [-0.1, -0.05) is 20.8 Å². The molecule has 0 spiro atoms. The number of hydrogen-bond donors (Lipinski definition) is 2. The van der Waals surface area contributed by atoms with Gasteiger partial charge in [-0.2, -0.15) is 8.42 Å². The van der Waals surface area contributed by atoms with E-state index in [0.717, 1.165) is 37.7 Å². The number of nitrogens with zero attached hydrogens (tertiary/aromatic N) is 4. The quantitative estimate of drug-likeness (QED) is 0.601. The molecule has 0 saturated carbocycles. The number of anilines is 2. The van der Waals surface area contributed by atoms with Crippen LogP contribution in [0.4, 0.5) is 11.6 Å². The Morgan fingerprint density at radius 1 is 1.15 bits per heavy atom. The molecule has 2 aliphatic rings. The number of nitrogens with one attached hydrogen (secondary N) is 2. The molecule has 0 aromatic carbocycles. The lowest BCUT2D eigenvalue weighted by molar-refractivity contribution is 0.0981. The number of carbonyl (C=O) groups excluding carboxylic acids is 1. The minimum Gasteiger partial charge on any atom is -0.369 e. The Labute approximate surface area is 195 Å². The Bertz CT molecular complexity index is 1170. The molecule has 10 heteroatoms. The predicted octanol–water partition coefficient (Wildman–Crippen LogP) is 3.10. The highest BCUT2D eigenvalue weighted by atomic mass is 32.2. The summed E-state index contributed by atoms with van der Waals surface area (Å²) in [6.07, 6.45) is 5.48. The molecule has 1 fully saturated rings. The molecule has 1 unspecified atom stereocenters. The lowest BCUT2D eigenvalue weighted by atomic mass is 9.91. The van der Waals surface area contributed by atoms with Gasteiger partial charge in [0, 0.05) is 29.7 Å². The standard InChI is InChI=1S/C23H32N6O3S/c1-22(2,3)17-9-8-16-20(26-17)29-14-15(11-23(29,4)5)7-6-10-25-18-12-24-13-19(27-18)33(31,32)28-21(16)30/h8-9,12-13,15H,6-7,10-11,14H2,1-5H3,(H,25,27)(H,28,30). The molecule has 0 aliphatic carbocycles. The third kappa shape index (κ3) is 4.80. The van der Waals surface area contributed by atoms with E-state index >= 15 is 0 Å². The molecule has 0 radical (unpaired) electrons. The lowest BCUT2D eigenvalue weighted by Crippen LogP contribution is -2.41. The number of pyridine rings is 1. The minimum atomic E-state index is -4.21. The van der Waals surface area contributed by atoms with E-state index in [1.54, 1.807) is 12.1 Å². The predicted molar refractivity (Wildman–Crippen MR) is 127 cm³/mol. The van der Waals surface area contributed by atoms with Crippen LogP contribution < -0.4 is 14.9 Å². The summed E-state index contributed by atoms with van der Waals surface area (Å²) >= 11 is 0. The van der Waals surface area contributed by atoms with Crippen molar-refractivity contribution >= 4 is 27.6 Å². The molecule has 2 aliphatic heterocycles. The van der Waals surface area contributed by atoms with Gasteiger partial charge in [-0.3, -0.25) is 9.78 Å². The Morgan fingerprint density at radius 2 is 1.91 bits per heavy atom. The Kier molecular flexibility index (Phi) is 5.84. The van der Waals surface area contributed by atoms with Crippen LogP contribution in [0.25, 0.3) is 0 Å². The van der Waals surface area contributed by atoms with Crippen molar-refractivity contribution in [1.29, 1.82) is 0 Å². The smallest absolute Gasteiger partial charge is 0.283 e. The first-order chi connectivity index (χ1) is 15.4. The van der Waals surface area contributed by atoms with Crippen LogP contribution in [0.5, 0.6) is 0 Å². The van der Waals surface area contributed by atoms with Crippen molar-refractivity contribution in [1.82, 2.24) is 19.7 Å². The van der Waals surface area contributed by atoms with Crippen LogP contribution in [0.3, 0.4) is 0 Å². The van der Waals surface area contributed by atoms with E-state index in [-0.39, 0.29) is 21.5 Å². The first kappa shape index (κ1) is 23.4. The molecular weight excluding hydrogens is 440 g/mol. The van der Waals surface area contributed by atoms with Crippen molar-refractivity contribution in [3.8, 4) is 0 Å².